The number of carbonyl (C=O) groups excluding carboxylic acids is 1. The second kappa shape index (κ2) is 43.8. The van der Waals surface area contributed by atoms with Gasteiger partial charge in [-0.25, -0.2) is 0 Å². The summed E-state index contributed by atoms with van der Waals surface area (Å²) < 4.78 is 34.2. The van der Waals surface area contributed by atoms with Gasteiger partial charge in [0.2, 0.25) is 5.91 Å². The molecule has 3 fully saturated rings. The van der Waals surface area contributed by atoms with E-state index in [1.165, 1.54) is 148 Å². The smallest absolute Gasteiger partial charge is 0.220 e. The van der Waals surface area contributed by atoms with Crippen LogP contribution in [0.2, 0.25) is 0 Å². The van der Waals surface area contributed by atoms with Crippen molar-refractivity contribution in [3.05, 3.63) is 24.3 Å². The molecule has 19 nitrogen and oxygen atoms in total. The third-order valence-corrected chi connectivity index (χ3v) is 15.7. The Morgan fingerprint density at radius 1 is 0.443 bits per heavy atom. The van der Waals surface area contributed by atoms with Gasteiger partial charge in [-0.1, -0.05) is 192 Å². The summed E-state index contributed by atoms with van der Waals surface area (Å²) in [6, 6.07) is -0.968. The van der Waals surface area contributed by atoms with Gasteiger partial charge < -0.3 is 89.9 Å². The predicted octanol–water partition coefficient (Wildman–Crippen LogP) is 5.93. The number of hydrogen-bond acceptors (Lipinski definition) is 18. The number of rotatable bonds is 46. The molecule has 0 bridgehead atoms. The first-order valence-electron chi connectivity index (χ1n) is 31.1. The average Bonchev–Trinajstić information content (AvgIpc) is 3.44. The molecule has 0 aromatic carbocycles. The van der Waals surface area contributed by atoms with Crippen LogP contribution >= 0.6 is 0 Å². The number of nitrogens with one attached hydrogen (secondary N) is 1. The molecule has 3 aliphatic rings. The molecule has 0 aromatic heterocycles. The van der Waals surface area contributed by atoms with E-state index >= 15 is 0 Å². The van der Waals surface area contributed by atoms with Gasteiger partial charge in [0.25, 0.3) is 0 Å². The summed E-state index contributed by atoms with van der Waals surface area (Å²) in [4.78, 5) is 13.3. The Kier molecular flexibility index (Phi) is 39.7. The van der Waals surface area contributed by atoms with E-state index in [2.05, 4.69) is 31.3 Å². The summed E-state index contributed by atoms with van der Waals surface area (Å²) in [5.41, 5.74) is 0. The summed E-state index contributed by atoms with van der Waals surface area (Å²) in [6.07, 6.45) is 19.1. The fourth-order valence-electron chi connectivity index (χ4n) is 10.6. The summed E-state index contributed by atoms with van der Waals surface area (Å²) in [5, 5.41) is 120. The van der Waals surface area contributed by atoms with Gasteiger partial charge in [0.05, 0.1) is 38.6 Å². The van der Waals surface area contributed by atoms with E-state index in [0.717, 1.165) is 44.9 Å². The topological polar surface area (TPSA) is 307 Å². The fourth-order valence-corrected chi connectivity index (χ4v) is 10.6. The molecular formula is C60H111NO18. The maximum Gasteiger partial charge on any atom is 0.220 e. The van der Waals surface area contributed by atoms with E-state index in [1.54, 1.807) is 6.08 Å². The van der Waals surface area contributed by atoms with Crippen molar-refractivity contribution < 1.29 is 89.4 Å². The van der Waals surface area contributed by atoms with E-state index in [-0.39, 0.29) is 18.9 Å². The van der Waals surface area contributed by atoms with E-state index in [9.17, 15) is 61.0 Å². The lowest BCUT2D eigenvalue weighted by atomic mass is 9.96. The Morgan fingerprint density at radius 3 is 1.23 bits per heavy atom. The largest absolute Gasteiger partial charge is 0.394 e. The maximum atomic E-state index is 13.3. The van der Waals surface area contributed by atoms with Crippen molar-refractivity contribution in [1.82, 2.24) is 5.32 Å². The molecule has 0 aromatic rings. The maximum absolute atomic E-state index is 13.3. The summed E-state index contributed by atoms with van der Waals surface area (Å²) in [7, 11) is 0. The number of aliphatic hydroxyl groups is 11. The molecule has 3 heterocycles. The number of carbonyl (C=O) groups is 1. The van der Waals surface area contributed by atoms with Crippen LogP contribution in [0, 0.1) is 0 Å². The molecular weight excluding hydrogens is 1020 g/mol. The van der Waals surface area contributed by atoms with Gasteiger partial charge in [0.1, 0.15) is 73.2 Å². The zero-order valence-corrected chi connectivity index (χ0v) is 48.4. The molecule has 0 spiro atoms. The Morgan fingerprint density at radius 2 is 0.797 bits per heavy atom. The SMILES string of the molecule is CCCCCCCCC/C=C/C(O)C(COC1OC(CO)C(OC2OC(CO)C(OC3OC(CO)C(O)C(O)C3O)C(O)C2O)C(O)C1O)NC(=O)CCCCCCCCCCCCCCC/C=C\CCCCCCCCCC. The van der Waals surface area contributed by atoms with E-state index in [1.807, 2.05) is 6.08 Å². The lowest BCUT2D eigenvalue weighted by molar-refractivity contribution is -0.379. The molecule has 79 heavy (non-hydrogen) atoms. The van der Waals surface area contributed by atoms with Crippen LogP contribution in [0.4, 0.5) is 0 Å². The number of allylic oxidation sites excluding steroid dienone is 3. The normalized spacial score (nSPS) is 30.4. The van der Waals surface area contributed by atoms with E-state index < -0.39 is 124 Å². The number of hydrogen-bond donors (Lipinski definition) is 12. The Bertz CT molecular complexity index is 1540. The summed E-state index contributed by atoms with van der Waals surface area (Å²) in [5.74, 6) is -0.277. The van der Waals surface area contributed by atoms with Gasteiger partial charge in [-0.3, -0.25) is 4.79 Å². The molecule has 17 unspecified atom stereocenters. The number of ether oxygens (including phenoxy) is 6. The second-order valence-corrected chi connectivity index (χ2v) is 22.5. The highest BCUT2D eigenvalue weighted by Crippen LogP contribution is 2.33. The van der Waals surface area contributed by atoms with Crippen LogP contribution in [-0.4, -0.2) is 193 Å². The molecule has 12 N–H and O–H groups in total. The van der Waals surface area contributed by atoms with Crippen LogP contribution in [0.3, 0.4) is 0 Å². The van der Waals surface area contributed by atoms with E-state index in [4.69, 9.17) is 28.4 Å². The highest BCUT2D eigenvalue weighted by molar-refractivity contribution is 5.76. The molecule has 17 atom stereocenters. The molecule has 0 radical (unpaired) electrons. The van der Waals surface area contributed by atoms with Crippen molar-refractivity contribution in [3.63, 3.8) is 0 Å². The molecule has 19 heteroatoms. The zero-order chi connectivity index (χ0) is 57.6. The van der Waals surface area contributed by atoms with Crippen molar-refractivity contribution in [2.75, 3.05) is 26.4 Å². The number of unbranched alkanes of at least 4 members (excludes halogenated alkanes) is 28. The molecule has 464 valence electrons. The van der Waals surface area contributed by atoms with Gasteiger partial charge >= 0.3 is 0 Å². The van der Waals surface area contributed by atoms with Crippen molar-refractivity contribution in [3.8, 4) is 0 Å². The lowest BCUT2D eigenvalue weighted by Crippen LogP contribution is -2.66. The van der Waals surface area contributed by atoms with Crippen molar-refractivity contribution >= 4 is 5.91 Å². The van der Waals surface area contributed by atoms with Crippen molar-refractivity contribution in [2.24, 2.45) is 0 Å². The minimum atomic E-state index is -1.98. The highest BCUT2D eigenvalue weighted by atomic mass is 16.8. The molecule has 0 saturated carbocycles. The summed E-state index contributed by atoms with van der Waals surface area (Å²) in [6.45, 7) is 1.69. The van der Waals surface area contributed by atoms with Crippen LogP contribution in [0.25, 0.3) is 0 Å². The Balaban J connectivity index is 1.41. The van der Waals surface area contributed by atoms with Crippen LogP contribution in [0.5, 0.6) is 0 Å². The quantitative estimate of drug-likeness (QED) is 0.0248. The van der Waals surface area contributed by atoms with Crippen LogP contribution in [0.1, 0.15) is 219 Å². The molecule has 3 saturated heterocycles. The van der Waals surface area contributed by atoms with Gasteiger partial charge in [0.15, 0.2) is 18.9 Å². The first-order chi connectivity index (χ1) is 38.3. The molecule has 1 amide bonds. The standard InChI is InChI=1S/C60H111NO18/c1-3-5-7-9-11-13-14-15-16-17-18-19-20-21-22-23-24-25-26-27-28-30-32-34-36-38-48(66)61-43(44(65)37-35-33-31-29-12-10-8-6-4-2)42-74-58-54(72)51(69)56(46(40-63)76-58)79-60-55(73)52(70)57(47(41-64)77-60)78-59-53(71)50(68)49(67)45(39-62)75-59/h17-18,35,37,43-47,49-60,62-65,67-73H,3-16,19-34,36,38-42H2,1-2H3,(H,61,66)/b18-17-,37-35+. The van der Waals surface area contributed by atoms with Crippen LogP contribution < -0.4 is 5.32 Å². The third kappa shape index (κ3) is 27.7. The molecule has 3 aliphatic heterocycles. The summed E-state index contributed by atoms with van der Waals surface area (Å²) >= 11 is 0. The number of aliphatic hydroxyl groups excluding tert-OH is 11. The average molecular weight is 1130 g/mol. The second-order valence-electron chi connectivity index (χ2n) is 22.5. The van der Waals surface area contributed by atoms with Gasteiger partial charge in [-0.2, -0.15) is 0 Å². The minimum absolute atomic E-state index is 0.245. The van der Waals surface area contributed by atoms with Gasteiger partial charge in [0, 0.05) is 6.42 Å². The fraction of sp³-hybridized carbons (Fsp3) is 0.917. The third-order valence-electron chi connectivity index (χ3n) is 15.7. The minimum Gasteiger partial charge on any atom is -0.394 e. The van der Waals surface area contributed by atoms with Crippen molar-refractivity contribution in [2.45, 2.75) is 324 Å². The van der Waals surface area contributed by atoms with Crippen LogP contribution in [0.15, 0.2) is 24.3 Å². The van der Waals surface area contributed by atoms with Crippen LogP contribution in [-0.2, 0) is 33.2 Å². The first kappa shape index (κ1) is 71.5. The predicted molar refractivity (Wildman–Crippen MR) is 300 cm³/mol. The first-order valence-corrected chi connectivity index (χ1v) is 31.1. The number of amides is 1. The monoisotopic (exact) mass is 1130 g/mol. The Labute approximate surface area is 473 Å². The zero-order valence-electron chi connectivity index (χ0n) is 48.4. The van der Waals surface area contributed by atoms with E-state index in [0.29, 0.717) is 6.42 Å². The van der Waals surface area contributed by atoms with Gasteiger partial charge in [-0.15, -0.1) is 0 Å². The highest BCUT2D eigenvalue weighted by Gasteiger charge is 2.53. The molecule has 0 aliphatic carbocycles. The molecule has 3 rings (SSSR count). The van der Waals surface area contributed by atoms with Gasteiger partial charge in [-0.05, 0) is 44.9 Å². The van der Waals surface area contributed by atoms with Crippen molar-refractivity contribution in [1.29, 1.82) is 0 Å². The lowest BCUT2D eigenvalue weighted by Gasteiger charge is -2.48. The Hall–Kier alpha value is -1.73.